The maximum absolute atomic E-state index is 11.9. The molecule has 1 aromatic rings. The number of aromatic nitrogens is 1. The van der Waals surface area contributed by atoms with Gasteiger partial charge >= 0.3 is 5.51 Å². The van der Waals surface area contributed by atoms with Gasteiger partial charge in [-0.25, -0.2) is 4.98 Å². The molecule has 1 amide bonds. The molecular formula is C11H14F3N3OS. The van der Waals surface area contributed by atoms with Gasteiger partial charge in [0.25, 0.3) is 5.91 Å². The normalized spacial score (nSPS) is 11.4. The number of nitrogens with zero attached hydrogens (tertiary/aromatic N) is 1. The average molecular weight is 293 g/mol. The van der Waals surface area contributed by atoms with Crippen LogP contribution in [-0.4, -0.2) is 28.7 Å². The number of alkyl halides is 3. The van der Waals surface area contributed by atoms with Crippen LogP contribution in [0.2, 0.25) is 0 Å². The van der Waals surface area contributed by atoms with Crippen molar-refractivity contribution in [3.63, 3.8) is 0 Å². The van der Waals surface area contributed by atoms with Gasteiger partial charge in [0, 0.05) is 23.6 Å². The van der Waals surface area contributed by atoms with Gasteiger partial charge < -0.3 is 11.1 Å². The van der Waals surface area contributed by atoms with Crippen molar-refractivity contribution in [1.82, 2.24) is 10.3 Å². The van der Waals surface area contributed by atoms with Crippen LogP contribution in [0.1, 0.15) is 23.0 Å². The fourth-order valence-electron chi connectivity index (χ4n) is 1.36. The number of nitrogen functional groups attached to an aromatic ring is 1. The highest BCUT2D eigenvalue weighted by Crippen LogP contribution is 2.29. The number of nitrogens with two attached hydrogens (primary N) is 1. The summed E-state index contributed by atoms with van der Waals surface area (Å²) in [7, 11) is 0. The van der Waals surface area contributed by atoms with Crippen molar-refractivity contribution in [1.29, 1.82) is 0 Å². The monoisotopic (exact) mass is 293 g/mol. The van der Waals surface area contributed by atoms with Crippen LogP contribution in [-0.2, 0) is 6.42 Å². The summed E-state index contributed by atoms with van der Waals surface area (Å²) >= 11 is -0.170. The van der Waals surface area contributed by atoms with Gasteiger partial charge in [-0.3, -0.25) is 4.79 Å². The third-order valence-electron chi connectivity index (χ3n) is 2.18. The van der Waals surface area contributed by atoms with Crippen molar-refractivity contribution in [2.45, 2.75) is 18.9 Å². The molecule has 0 bridgehead atoms. The minimum Gasteiger partial charge on any atom is -0.384 e. The lowest BCUT2D eigenvalue weighted by Gasteiger charge is -2.08. The second-order valence-electron chi connectivity index (χ2n) is 3.68. The van der Waals surface area contributed by atoms with Crippen LogP contribution < -0.4 is 11.1 Å². The van der Waals surface area contributed by atoms with Crippen LogP contribution in [0.4, 0.5) is 19.0 Å². The van der Waals surface area contributed by atoms with Gasteiger partial charge in [-0.15, -0.1) is 0 Å². The summed E-state index contributed by atoms with van der Waals surface area (Å²) in [6, 6.07) is 2.97. The number of carbonyl (C=O) groups excluding carboxylic acids is 1. The topological polar surface area (TPSA) is 68.0 Å². The highest BCUT2D eigenvalue weighted by Gasteiger charge is 2.27. The predicted molar refractivity (Wildman–Crippen MR) is 68.9 cm³/mol. The van der Waals surface area contributed by atoms with Crippen LogP contribution in [0.3, 0.4) is 0 Å². The van der Waals surface area contributed by atoms with E-state index in [1.54, 1.807) is 6.07 Å². The van der Waals surface area contributed by atoms with E-state index in [1.807, 2.05) is 6.92 Å². The van der Waals surface area contributed by atoms with Crippen molar-refractivity contribution in [2.24, 2.45) is 0 Å². The predicted octanol–water partition coefficient (Wildman–Crippen LogP) is 2.21. The van der Waals surface area contributed by atoms with E-state index in [1.165, 1.54) is 6.07 Å². The zero-order valence-electron chi connectivity index (χ0n) is 10.3. The Morgan fingerprint density at radius 3 is 2.74 bits per heavy atom. The third kappa shape index (κ3) is 5.82. The quantitative estimate of drug-likeness (QED) is 0.817. The van der Waals surface area contributed by atoms with Gasteiger partial charge in [0.1, 0.15) is 5.82 Å². The first-order chi connectivity index (χ1) is 8.81. The number of rotatable bonds is 5. The Labute approximate surface area is 113 Å². The molecule has 0 fully saturated rings. The van der Waals surface area contributed by atoms with E-state index < -0.39 is 11.4 Å². The SMILES string of the molecule is CCc1cc(C(=O)NCCSC(F)(F)F)cc(N)n1. The van der Waals surface area contributed by atoms with E-state index in [-0.39, 0.29) is 29.9 Å². The van der Waals surface area contributed by atoms with Gasteiger partial charge in [-0.2, -0.15) is 13.2 Å². The largest absolute Gasteiger partial charge is 0.441 e. The Hall–Kier alpha value is -1.44. The molecule has 1 rings (SSSR count). The summed E-state index contributed by atoms with van der Waals surface area (Å²) < 4.78 is 35.6. The van der Waals surface area contributed by atoms with E-state index in [2.05, 4.69) is 10.3 Å². The number of nitrogens with one attached hydrogen (secondary N) is 1. The van der Waals surface area contributed by atoms with E-state index in [0.29, 0.717) is 17.7 Å². The van der Waals surface area contributed by atoms with Crippen LogP contribution in [0, 0.1) is 0 Å². The maximum Gasteiger partial charge on any atom is 0.441 e. The van der Waals surface area contributed by atoms with E-state index >= 15 is 0 Å². The minimum atomic E-state index is -4.28. The highest BCUT2D eigenvalue weighted by atomic mass is 32.2. The molecule has 0 aliphatic carbocycles. The van der Waals surface area contributed by atoms with E-state index in [4.69, 9.17) is 5.73 Å². The van der Waals surface area contributed by atoms with Crippen molar-refractivity contribution in [3.05, 3.63) is 23.4 Å². The fraction of sp³-hybridized carbons (Fsp3) is 0.455. The second-order valence-corrected chi connectivity index (χ2v) is 4.84. The molecule has 0 saturated heterocycles. The molecule has 1 heterocycles. The molecule has 0 atom stereocenters. The minimum absolute atomic E-state index is 0.0628. The Kier molecular flexibility index (Phi) is 5.46. The van der Waals surface area contributed by atoms with Gasteiger partial charge in [0.05, 0.1) is 0 Å². The molecule has 8 heteroatoms. The molecule has 0 aliphatic rings. The molecule has 3 N–H and O–H groups in total. The van der Waals surface area contributed by atoms with Crippen molar-refractivity contribution in [3.8, 4) is 0 Å². The summed E-state index contributed by atoms with van der Waals surface area (Å²) in [5, 5.41) is 2.41. The Balaban J connectivity index is 2.52. The fourth-order valence-corrected chi connectivity index (χ4v) is 1.79. The second kappa shape index (κ2) is 6.65. The molecule has 19 heavy (non-hydrogen) atoms. The summed E-state index contributed by atoms with van der Waals surface area (Å²) in [5.41, 5.74) is 2.23. The van der Waals surface area contributed by atoms with Gasteiger partial charge in [-0.05, 0) is 30.3 Å². The van der Waals surface area contributed by atoms with Crippen LogP contribution in [0.5, 0.6) is 0 Å². The molecule has 0 aromatic carbocycles. The number of amides is 1. The van der Waals surface area contributed by atoms with Crippen molar-refractivity contribution < 1.29 is 18.0 Å². The Morgan fingerprint density at radius 1 is 1.47 bits per heavy atom. The first-order valence-corrected chi connectivity index (χ1v) is 6.55. The number of halogens is 3. The smallest absolute Gasteiger partial charge is 0.384 e. The molecule has 0 unspecified atom stereocenters. The highest BCUT2D eigenvalue weighted by molar-refractivity contribution is 8.00. The first-order valence-electron chi connectivity index (χ1n) is 5.57. The summed E-state index contributed by atoms with van der Waals surface area (Å²) in [5.74, 6) is -0.461. The van der Waals surface area contributed by atoms with Crippen LogP contribution in [0.25, 0.3) is 0 Å². The number of aryl methyl sites for hydroxylation is 1. The van der Waals surface area contributed by atoms with E-state index in [9.17, 15) is 18.0 Å². The summed E-state index contributed by atoms with van der Waals surface area (Å²) in [6.45, 7) is 1.80. The summed E-state index contributed by atoms with van der Waals surface area (Å²) in [4.78, 5) is 15.7. The molecule has 4 nitrogen and oxygen atoms in total. The lowest BCUT2D eigenvalue weighted by molar-refractivity contribution is -0.0327. The van der Waals surface area contributed by atoms with Crippen LogP contribution in [0.15, 0.2) is 12.1 Å². The Morgan fingerprint density at radius 2 is 2.16 bits per heavy atom. The van der Waals surface area contributed by atoms with Gasteiger partial charge in [-0.1, -0.05) is 6.92 Å². The number of hydrogen-bond donors (Lipinski definition) is 2. The maximum atomic E-state index is 11.9. The molecule has 106 valence electrons. The zero-order valence-corrected chi connectivity index (χ0v) is 11.1. The summed E-state index contributed by atoms with van der Waals surface area (Å²) in [6.07, 6.45) is 0.620. The van der Waals surface area contributed by atoms with Crippen LogP contribution >= 0.6 is 11.8 Å². The molecule has 0 radical (unpaired) electrons. The van der Waals surface area contributed by atoms with Gasteiger partial charge in [0.2, 0.25) is 0 Å². The molecule has 0 saturated carbocycles. The standard InChI is InChI=1S/C11H14F3N3OS/c1-2-8-5-7(6-9(15)17-8)10(18)16-3-4-19-11(12,13)14/h5-6H,2-4H2,1H3,(H2,15,17)(H,16,18). The number of pyridine rings is 1. The Bertz CT molecular complexity index is 451. The lowest BCUT2D eigenvalue weighted by atomic mass is 10.2. The molecule has 1 aromatic heterocycles. The number of hydrogen-bond acceptors (Lipinski definition) is 4. The van der Waals surface area contributed by atoms with Crippen molar-refractivity contribution in [2.75, 3.05) is 18.0 Å². The van der Waals surface area contributed by atoms with Gasteiger partial charge in [0.15, 0.2) is 0 Å². The number of carbonyl (C=O) groups is 1. The third-order valence-corrected chi connectivity index (χ3v) is 2.91. The van der Waals surface area contributed by atoms with Crippen molar-refractivity contribution >= 4 is 23.5 Å². The lowest BCUT2D eigenvalue weighted by Crippen LogP contribution is -2.26. The zero-order chi connectivity index (χ0) is 14.5. The number of anilines is 1. The van der Waals surface area contributed by atoms with E-state index in [0.717, 1.165) is 0 Å². The molecule has 0 spiro atoms. The number of thioether (sulfide) groups is 1. The molecular weight excluding hydrogens is 279 g/mol. The molecule has 0 aliphatic heterocycles. The first kappa shape index (κ1) is 15.6. The average Bonchev–Trinajstić information content (AvgIpc) is 2.32.